The van der Waals surface area contributed by atoms with E-state index in [1.807, 2.05) is 18.2 Å². The van der Waals surface area contributed by atoms with Crippen LogP contribution in [0.15, 0.2) is 103 Å². The van der Waals surface area contributed by atoms with E-state index >= 15 is 0 Å². The molecule has 0 aliphatic carbocycles. The molecule has 0 fully saturated rings. The topological polar surface area (TPSA) is 26.0 Å². The molecule has 0 amide bonds. The van der Waals surface area contributed by atoms with E-state index in [4.69, 9.17) is 5.73 Å². The minimum atomic E-state index is 0. The summed E-state index contributed by atoms with van der Waals surface area (Å²) in [6, 6.07) is 35.5. The van der Waals surface area contributed by atoms with Gasteiger partial charge in [0, 0.05) is 11.3 Å². The Hall–Kier alpha value is -3.03. The molecule has 128 valence electrons. The first kappa shape index (κ1) is 17.8. The first-order chi connectivity index (χ1) is 12.3. The minimum Gasteiger partial charge on any atom is -0.398 e. The van der Waals surface area contributed by atoms with Gasteiger partial charge in [-0.25, -0.2) is 0 Å². The molecule has 0 aromatic heterocycles. The normalized spacial score (nSPS) is 10.2. The van der Waals surface area contributed by atoms with E-state index in [2.05, 4.69) is 84.9 Å². The van der Waals surface area contributed by atoms with Gasteiger partial charge in [-0.1, -0.05) is 91.0 Å². The van der Waals surface area contributed by atoms with Crippen LogP contribution in [0.5, 0.6) is 0 Å². The summed E-state index contributed by atoms with van der Waals surface area (Å²) in [6.45, 7) is 0. The summed E-state index contributed by atoms with van der Waals surface area (Å²) in [6.07, 6.45) is 0. The highest BCUT2D eigenvalue weighted by Crippen LogP contribution is 2.40. The Labute approximate surface area is 160 Å². The largest absolute Gasteiger partial charge is 0.398 e. The van der Waals surface area contributed by atoms with Crippen LogP contribution in [0.2, 0.25) is 0 Å². The average Bonchev–Trinajstić information content (AvgIpc) is 2.69. The second-order valence-corrected chi connectivity index (χ2v) is 6.09. The van der Waals surface area contributed by atoms with Gasteiger partial charge in [-0.05, 0) is 39.9 Å². The Morgan fingerprint density at radius 1 is 0.462 bits per heavy atom. The van der Waals surface area contributed by atoms with Crippen LogP contribution >= 0.6 is 12.4 Å². The summed E-state index contributed by atoms with van der Waals surface area (Å²) in [5.74, 6) is 0. The number of rotatable bonds is 3. The highest BCUT2D eigenvalue weighted by Gasteiger charge is 2.13. The summed E-state index contributed by atoms with van der Waals surface area (Å²) in [4.78, 5) is 0. The SMILES string of the molecule is Cl.Nc1cc(-c2ccccc2)cc(-c2ccccc2)c1-c1ccccc1. The molecule has 0 spiro atoms. The van der Waals surface area contributed by atoms with Gasteiger partial charge >= 0.3 is 0 Å². The molecule has 26 heavy (non-hydrogen) atoms. The van der Waals surface area contributed by atoms with Crippen LogP contribution in [0.3, 0.4) is 0 Å². The zero-order valence-electron chi connectivity index (χ0n) is 14.3. The molecular formula is C24H20ClN. The van der Waals surface area contributed by atoms with Crippen molar-refractivity contribution >= 4 is 18.1 Å². The highest BCUT2D eigenvalue weighted by atomic mass is 35.5. The minimum absolute atomic E-state index is 0. The predicted octanol–water partition coefficient (Wildman–Crippen LogP) is 6.69. The van der Waals surface area contributed by atoms with Crippen molar-refractivity contribution in [2.45, 2.75) is 0 Å². The van der Waals surface area contributed by atoms with E-state index in [-0.39, 0.29) is 12.4 Å². The number of nitrogen functional groups attached to an aromatic ring is 1. The first-order valence-electron chi connectivity index (χ1n) is 8.43. The number of hydrogen-bond acceptors (Lipinski definition) is 1. The molecule has 0 atom stereocenters. The summed E-state index contributed by atoms with van der Waals surface area (Å²) in [5, 5.41) is 0. The molecule has 0 saturated carbocycles. The molecular weight excluding hydrogens is 338 g/mol. The maximum Gasteiger partial charge on any atom is 0.0406 e. The molecule has 4 aromatic rings. The van der Waals surface area contributed by atoms with Gasteiger partial charge in [0.15, 0.2) is 0 Å². The van der Waals surface area contributed by atoms with Crippen LogP contribution in [-0.2, 0) is 0 Å². The Bertz CT molecular complexity index is 981. The lowest BCUT2D eigenvalue weighted by Crippen LogP contribution is -1.95. The molecule has 2 heteroatoms. The molecule has 0 aliphatic rings. The fourth-order valence-corrected chi connectivity index (χ4v) is 3.23. The lowest BCUT2D eigenvalue weighted by Gasteiger charge is -2.16. The number of hydrogen-bond donors (Lipinski definition) is 1. The molecule has 0 unspecified atom stereocenters. The molecule has 2 N–H and O–H groups in total. The summed E-state index contributed by atoms with van der Waals surface area (Å²) in [7, 11) is 0. The van der Waals surface area contributed by atoms with E-state index in [1.54, 1.807) is 0 Å². The van der Waals surface area contributed by atoms with Crippen LogP contribution in [0.4, 0.5) is 5.69 Å². The van der Waals surface area contributed by atoms with Crippen LogP contribution in [0.1, 0.15) is 0 Å². The molecule has 0 aliphatic heterocycles. The number of benzene rings is 4. The van der Waals surface area contributed by atoms with Crippen LogP contribution in [-0.4, -0.2) is 0 Å². The van der Waals surface area contributed by atoms with Gasteiger partial charge in [-0.15, -0.1) is 12.4 Å². The van der Waals surface area contributed by atoms with Crippen LogP contribution < -0.4 is 5.73 Å². The third-order valence-electron chi connectivity index (χ3n) is 4.42. The molecule has 0 bridgehead atoms. The van der Waals surface area contributed by atoms with Crippen molar-refractivity contribution in [1.29, 1.82) is 0 Å². The van der Waals surface area contributed by atoms with Crippen molar-refractivity contribution < 1.29 is 0 Å². The van der Waals surface area contributed by atoms with Gasteiger partial charge < -0.3 is 5.73 Å². The van der Waals surface area contributed by atoms with E-state index in [9.17, 15) is 0 Å². The third kappa shape index (κ3) is 3.49. The van der Waals surface area contributed by atoms with Gasteiger partial charge in [-0.3, -0.25) is 0 Å². The number of nitrogens with two attached hydrogens (primary N) is 1. The van der Waals surface area contributed by atoms with Crippen molar-refractivity contribution in [1.82, 2.24) is 0 Å². The third-order valence-corrected chi connectivity index (χ3v) is 4.42. The van der Waals surface area contributed by atoms with Gasteiger partial charge in [-0.2, -0.15) is 0 Å². The Kier molecular flexibility index (Phi) is 5.40. The number of halogens is 1. The number of anilines is 1. The van der Waals surface area contributed by atoms with Crippen LogP contribution in [0, 0.1) is 0 Å². The molecule has 0 radical (unpaired) electrons. The predicted molar refractivity (Wildman–Crippen MR) is 114 cm³/mol. The average molecular weight is 358 g/mol. The van der Waals surface area contributed by atoms with Gasteiger partial charge in [0.2, 0.25) is 0 Å². The molecule has 4 rings (SSSR count). The van der Waals surface area contributed by atoms with Crippen molar-refractivity contribution in [3.8, 4) is 33.4 Å². The first-order valence-corrected chi connectivity index (χ1v) is 8.43. The van der Waals surface area contributed by atoms with E-state index in [0.29, 0.717) is 0 Å². The van der Waals surface area contributed by atoms with Crippen molar-refractivity contribution in [3.63, 3.8) is 0 Å². The molecule has 1 nitrogen and oxygen atoms in total. The molecule has 4 aromatic carbocycles. The zero-order valence-corrected chi connectivity index (χ0v) is 15.1. The fourth-order valence-electron chi connectivity index (χ4n) is 3.23. The molecule has 0 saturated heterocycles. The van der Waals surface area contributed by atoms with Crippen molar-refractivity contribution in [3.05, 3.63) is 103 Å². The highest BCUT2D eigenvalue weighted by molar-refractivity contribution is 5.94. The summed E-state index contributed by atoms with van der Waals surface area (Å²) in [5.41, 5.74) is 14.2. The maximum absolute atomic E-state index is 6.53. The Morgan fingerprint density at radius 3 is 1.46 bits per heavy atom. The quantitative estimate of drug-likeness (QED) is 0.406. The maximum atomic E-state index is 6.53. The summed E-state index contributed by atoms with van der Waals surface area (Å²) < 4.78 is 0. The monoisotopic (exact) mass is 357 g/mol. The smallest absolute Gasteiger partial charge is 0.0406 e. The van der Waals surface area contributed by atoms with Crippen molar-refractivity contribution in [2.75, 3.05) is 5.73 Å². The Balaban J connectivity index is 0.00000196. The van der Waals surface area contributed by atoms with Crippen molar-refractivity contribution in [2.24, 2.45) is 0 Å². The second-order valence-electron chi connectivity index (χ2n) is 6.09. The standard InChI is InChI=1S/C24H19N.ClH/c25-23-17-21(18-10-4-1-5-11-18)16-22(19-12-6-2-7-13-19)24(23)20-14-8-3-9-15-20;/h1-17H,25H2;1H. The lowest BCUT2D eigenvalue weighted by molar-refractivity contribution is 1.56. The summed E-state index contributed by atoms with van der Waals surface area (Å²) >= 11 is 0. The van der Waals surface area contributed by atoms with Gasteiger partial charge in [0.25, 0.3) is 0 Å². The zero-order chi connectivity index (χ0) is 17.1. The van der Waals surface area contributed by atoms with E-state index in [1.165, 1.54) is 11.1 Å². The lowest BCUT2D eigenvalue weighted by atomic mass is 9.89. The van der Waals surface area contributed by atoms with E-state index in [0.717, 1.165) is 27.9 Å². The van der Waals surface area contributed by atoms with E-state index < -0.39 is 0 Å². The Morgan fingerprint density at radius 2 is 0.923 bits per heavy atom. The second kappa shape index (κ2) is 7.90. The molecule has 0 heterocycles. The van der Waals surface area contributed by atoms with Crippen LogP contribution in [0.25, 0.3) is 33.4 Å². The van der Waals surface area contributed by atoms with Gasteiger partial charge in [0.1, 0.15) is 0 Å². The van der Waals surface area contributed by atoms with Gasteiger partial charge in [0.05, 0.1) is 0 Å². The fraction of sp³-hybridized carbons (Fsp3) is 0.